The number of halogens is 1. The van der Waals surface area contributed by atoms with Gasteiger partial charge in [-0.2, -0.15) is 5.10 Å². The summed E-state index contributed by atoms with van der Waals surface area (Å²) in [6.45, 7) is 0.0373. The Morgan fingerprint density at radius 1 is 1.42 bits per heavy atom. The zero-order valence-electron chi connectivity index (χ0n) is 12.2. The molecule has 3 rings (SSSR count). The Kier molecular flexibility index (Phi) is 4.47. The van der Waals surface area contributed by atoms with E-state index in [9.17, 15) is 14.0 Å². The average molecular weight is 351 g/mol. The Hall–Kier alpha value is -2.88. The molecule has 1 saturated heterocycles. The van der Waals surface area contributed by atoms with Crippen LogP contribution in [-0.4, -0.2) is 37.2 Å². The number of carbonyl (C=O) groups is 2. The third kappa shape index (κ3) is 3.38. The Morgan fingerprint density at radius 2 is 2.17 bits per heavy atom. The maximum Gasteiger partial charge on any atom is 0.331 e. The molecule has 1 N–H and O–H groups in total. The zero-order valence-corrected chi connectivity index (χ0v) is 13.1. The molecular weight excluding hydrogens is 341 g/mol. The van der Waals surface area contributed by atoms with Crippen LogP contribution in [0.2, 0.25) is 0 Å². The van der Waals surface area contributed by atoms with Crippen LogP contribution in [0.4, 0.5) is 4.39 Å². The molecule has 1 aromatic rings. The standard InChI is InChI=1S/C14H10FN3O5S/c1-21-12(19)4-11-13(20)17-14(24-11)18-16-5-7-2-9-10(3-8(7)15)23-6-22-9/h2-5H,6H2,1H3,(H,17,18,20)/b11-4+,16-5?. The lowest BCUT2D eigenvalue weighted by atomic mass is 10.2. The van der Waals surface area contributed by atoms with Crippen molar-refractivity contribution in [3.05, 3.63) is 34.5 Å². The molecule has 1 amide bonds. The number of fused-ring (bicyclic) bond motifs is 1. The van der Waals surface area contributed by atoms with Crippen molar-refractivity contribution in [1.82, 2.24) is 5.32 Å². The van der Waals surface area contributed by atoms with Gasteiger partial charge >= 0.3 is 5.97 Å². The van der Waals surface area contributed by atoms with Gasteiger partial charge in [0.25, 0.3) is 5.91 Å². The van der Waals surface area contributed by atoms with E-state index in [2.05, 4.69) is 20.3 Å². The number of benzene rings is 1. The molecule has 0 aromatic heterocycles. The summed E-state index contributed by atoms with van der Waals surface area (Å²) in [6, 6.07) is 2.63. The van der Waals surface area contributed by atoms with E-state index in [1.165, 1.54) is 25.5 Å². The molecule has 2 aliphatic heterocycles. The van der Waals surface area contributed by atoms with E-state index in [0.717, 1.165) is 17.8 Å². The number of nitrogens with one attached hydrogen (secondary N) is 1. The number of hydrogen-bond acceptors (Lipinski definition) is 8. The molecular formula is C14H10FN3O5S. The SMILES string of the molecule is COC(=O)/C=C1/S/C(=N\N=Cc2cc3c(cc2F)OCO3)NC1=O. The van der Waals surface area contributed by atoms with Gasteiger partial charge < -0.3 is 14.2 Å². The molecule has 1 fully saturated rings. The van der Waals surface area contributed by atoms with Gasteiger partial charge in [-0.15, -0.1) is 5.10 Å². The van der Waals surface area contributed by atoms with Gasteiger partial charge in [0.05, 0.1) is 18.2 Å². The van der Waals surface area contributed by atoms with Crippen LogP contribution in [-0.2, 0) is 14.3 Å². The summed E-state index contributed by atoms with van der Waals surface area (Å²) in [7, 11) is 1.20. The van der Waals surface area contributed by atoms with Crippen molar-refractivity contribution < 1.29 is 28.2 Å². The average Bonchev–Trinajstić information content (AvgIpc) is 3.14. The number of amidine groups is 1. The van der Waals surface area contributed by atoms with Crippen molar-refractivity contribution in [2.45, 2.75) is 0 Å². The highest BCUT2D eigenvalue weighted by Gasteiger charge is 2.25. The van der Waals surface area contributed by atoms with E-state index >= 15 is 0 Å². The first-order valence-corrected chi connectivity index (χ1v) is 7.37. The largest absolute Gasteiger partial charge is 0.466 e. The summed E-state index contributed by atoms with van der Waals surface area (Å²) in [6.07, 6.45) is 2.22. The number of esters is 1. The molecule has 10 heteroatoms. The first kappa shape index (κ1) is 16.0. The predicted molar refractivity (Wildman–Crippen MR) is 83.4 cm³/mol. The minimum Gasteiger partial charge on any atom is -0.466 e. The van der Waals surface area contributed by atoms with Crippen molar-refractivity contribution >= 4 is 35.0 Å². The van der Waals surface area contributed by atoms with Crippen molar-refractivity contribution in [2.75, 3.05) is 13.9 Å². The van der Waals surface area contributed by atoms with Crippen molar-refractivity contribution in [1.29, 1.82) is 0 Å². The monoisotopic (exact) mass is 351 g/mol. The highest BCUT2D eigenvalue weighted by Crippen LogP contribution is 2.33. The Balaban J connectivity index is 1.73. The van der Waals surface area contributed by atoms with Crippen LogP contribution in [0, 0.1) is 5.82 Å². The maximum absolute atomic E-state index is 13.8. The number of hydrogen-bond donors (Lipinski definition) is 1. The highest BCUT2D eigenvalue weighted by molar-refractivity contribution is 8.18. The van der Waals surface area contributed by atoms with Crippen LogP contribution in [0.3, 0.4) is 0 Å². The number of ether oxygens (including phenoxy) is 3. The topological polar surface area (TPSA) is 98.6 Å². The number of amides is 1. The van der Waals surface area contributed by atoms with Crippen molar-refractivity contribution in [3.63, 3.8) is 0 Å². The second-order valence-electron chi connectivity index (χ2n) is 4.46. The van der Waals surface area contributed by atoms with E-state index < -0.39 is 17.7 Å². The van der Waals surface area contributed by atoms with Crippen molar-refractivity contribution in [3.8, 4) is 11.5 Å². The summed E-state index contributed by atoms with van der Waals surface area (Å²) >= 11 is 0.919. The van der Waals surface area contributed by atoms with Gasteiger partial charge in [-0.05, 0) is 17.8 Å². The van der Waals surface area contributed by atoms with Crippen LogP contribution in [0.5, 0.6) is 11.5 Å². The molecule has 24 heavy (non-hydrogen) atoms. The number of rotatable bonds is 3. The van der Waals surface area contributed by atoms with E-state index in [1.54, 1.807) is 0 Å². The van der Waals surface area contributed by atoms with Gasteiger partial charge in [0.1, 0.15) is 5.82 Å². The van der Waals surface area contributed by atoms with Crippen molar-refractivity contribution in [2.24, 2.45) is 10.2 Å². The third-order valence-electron chi connectivity index (χ3n) is 2.94. The van der Waals surface area contributed by atoms with Gasteiger partial charge in [0.15, 0.2) is 16.7 Å². The molecule has 0 radical (unpaired) electrons. The number of nitrogens with zero attached hydrogens (tertiary/aromatic N) is 2. The molecule has 8 nitrogen and oxygen atoms in total. The highest BCUT2D eigenvalue weighted by atomic mass is 32.2. The Labute approximate surface area is 139 Å². The molecule has 0 aliphatic carbocycles. The molecule has 2 heterocycles. The van der Waals surface area contributed by atoms with E-state index in [-0.39, 0.29) is 22.4 Å². The van der Waals surface area contributed by atoms with Crippen LogP contribution in [0.15, 0.2) is 33.3 Å². The van der Waals surface area contributed by atoms with E-state index in [0.29, 0.717) is 11.5 Å². The molecule has 0 atom stereocenters. The van der Waals surface area contributed by atoms with Crippen LogP contribution in [0.25, 0.3) is 0 Å². The number of methoxy groups -OCH3 is 1. The molecule has 0 unspecified atom stereocenters. The van der Waals surface area contributed by atoms with Crippen LogP contribution < -0.4 is 14.8 Å². The number of thioether (sulfide) groups is 1. The fourth-order valence-electron chi connectivity index (χ4n) is 1.82. The number of carbonyl (C=O) groups excluding carboxylic acids is 2. The van der Waals surface area contributed by atoms with Crippen LogP contribution >= 0.6 is 11.8 Å². The van der Waals surface area contributed by atoms with Gasteiger partial charge in [-0.1, -0.05) is 0 Å². The minimum absolute atomic E-state index is 0.0373. The molecule has 0 saturated carbocycles. The van der Waals surface area contributed by atoms with Gasteiger partial charge in [-0.3, -0.25) is 10.1 Å². The van der Waals surface area contributed by atoms with E-state index in [1.807, 2.05) is 0 Å². The summed E-state index contributed by atoms with van der Waals surface area (Å²) in [5, 5.41) is 10.1. The Morgan fingerprint density at radius 3 is 2.92 bits per heavy atom. The molecule has 0 bridgehead atoms. The van der Waals surface area contributed by atoms with Crippen LogP contribution in [0.1, 0.15) is 5.56 Å². The predicted octanol–water partition coefficient (Wildman–Crippen LogP) is 1.16. The summed E-state index contributed by atoms with van der Waals surface area (Å²) < 4.78 is 28.5. The summed E-state index contributed by atoms with van der Waals surface area (Å²) in [4.78, 5) is 22.9. The fourth-order valence-corrected chi connectivity index (χ4v) is 2.56. The van der Waals surface area contributed by atoms with Gasteiger partial charge in [-0.25, -0.2) is 9.18 Å². The van der Waals surface area contributed by atoms with Gasteiger partial charge in [0, 0.05) is 17.7 Å². The smallest absolute Gasteiger partial charge is 0.331 e. The fraction of sp³-hybridized carbons (Fsp3) is 0.143. The second kappa shape index (κ2) is 6.71. The first-order valence-electron chi connectivity index (χ1n) is 6.56. The molecule has 0 spiro atoms. The lowest BCUT2D eigenvalue weighted by Gasteiger charge is -1.99. The molecule has 1 aromatic carbocycles. The summed E-state index contributed by atoms with van der Waals surface area (Å²) in [5.74, 6) is -0.949. The lowest BCUT2D eigenvalue weighted by molar-refractivity contribution is -0.135. The summed E-state index contributed by atoms with van der Waals surface area (Å²) in [5.41, 5.74) is 0.156. The quantitative estimate of drug-likeness (QED) is 0.380. The normalized spacial score (nSPS) is 19.3. The Bertz CT molecular complexity index is 806. The maximum atomic E-state index is 13.8. The molecule has 124 valence electrons. The minimum atomic E-state index is -0.653. The van der Waals surface area contributed by atoms with Gasteiger partial charge in [0.2, 0.25) is 6.79 Å². The zero-order chi connectivity index (χ0) is 17.1. The molecule has 2 aliphatic rings. The van der Waals surface area contributed by atoms with E-state index in [4.69, 9.17) is 9.47 Å². The first-order chi connectivity index (χ1) is 11.6. The lowest BCUT2D eigenvalue weighted by Crippen LogP contribution is -2.19. The second-order valence-corrected chi connectivity index (χ2v) is 5.50. The third-order valence-corrected chi connectivity index (χ3v) is 3.84.